The van der Waals surface area contributed by atoms with Gasteiger partial charge in [-0.25, -0.2) is 13.6 Å². The minimum Gasteiger partial charge on any atom is -0.480 e. The first-order chi connectivity index (χ1) is 12.3. The van der Waals surface area contributed by atoms with Gasteiger partial charge >= 0.3 is 12.1 Å². The molecule has 10 heteroatoms. The lowest BCUT2D eigenvalue weighted by molar-refractivity contribution is -0.141. The predicted molar refractivity (Wildman–Crippen MR) is 86.9 cm³/mol. The minimum atomic E-state index is -4.80. The molecule has 27 heavy (non-hydrogen) atoms. The number of carboxylic acid groups (broad SMARTS) is 1. The highest BCUT2D eigenvalue weighted by Gasteiger charge is 2.43. The fourth-order valence-electron chi connectivity index (χ4n) is 3.12. The Kier molecular flexibility index (Phi) is 5.98. The van der Waals surface area contributed by atoms with Crippen molar-refractivity contribution in [3.05, 3.63) is 33.7 Å². The van der Waals surface area contributed by atoms with E-state index >= 15 is 0 Å². The molecule has 1 aliphatic heterocycles. The van der Waals surface area contributed by atoms with Crippen LogP contribution >= 0.6 is 0 Å². The molecule has 2 rings (SSSR count). The van der Waals surface area contributed by atoms with E-state index in [1.54, 1.807) is 13.8 Å². The summed E-state index contributed by atoms with van der Waals surface area (Å²) in [6.07, 6.45) is -4.05. The van der Waals surface area contributed by atoms with Gasteiger partial charge in [0.05, 0.1) is 18.7 Å². The molecule has 1 unspecified atom stereocenters. The van der Waals surface area contributed by atoms with E-state index in [0.29, 0.717) is 6.07 Å². The Morgan fingerprint density at radius 2 is 1.89 bits per heavy atom. The van der Waals surface area contributed by atoms with Crippen LogP contribution in [0.5, 0.6) is 0 Å². The van der Waals surface area contributed by atoms with Gasteiger partial charge in [-0.1, -0.05) is 13.8 Å². The van der Waals surface area contributed by atoms with Crippen molar-refractivity contribution in [1.29, 1.82) is 0 Å². The maximum atomic E-state index is 13.3. The molecule has 1 fully saturated rings. The first-order valence-electron chi connectivity index (χ1n) is 8.45. The number of aromatic nitrogens is 1. The van der Waals surface area contributed by atoms with Crippen molar-refractivity contribution < 1.29 is 31.9 Å². The lowest BCUT2D eigenvalue weighted by Crippen LogP contribution is -2.56. The molecule has 0 saturated carbocycles. The molecule has 1 atom stereocenters. The van der Waals surface area contributed by atoms with Gasteiger partial charge in [-0.15, -0.1) is 0 Å². The summed E-state index contributed by atoms with van der Waals surface area (Å²) in [6, 6.07) is -0.914. The van der Waals surface area contributed by atoms with Crippen molar-refractivity contribution in [1.82, 2.24) is 9.47 Å². The summed E-state index contributed by atoms with van der Waals surface area (Å²) in [5.41, 5.74) is -2.51. The second kappa shape index (κ2) is 7.57. The summed E-state index contributed by atoms with van der Waals surface area (Å²) >= 11 is 0. The molecule has 0 aromatic carbocycles. The van der Waals surface area contributed by atoms with Crippen LogP contribution in [0.15, 0.2) is 17.1 Å². The molecule has 2 heterocycles. The van der Waals surface area contributed by atoms with Crippen molar-refractivity contribution in [3.63, 3.8) is 0 Å². The topological polar surface area (TPSA) is 62.5 Å². The van der Waals surface area contributed by atoms with E-state index < -0.39 is 48.3 Å². The Morgan fingerprint density at radius 3 is 2.33 bits per heavy atom. The van der Waals surface area contributed by atoms with Crippen LogP contribution in [-0.2, 0) is 17.4 Å². The molecule has 0 aliphatic carbocycles. The monoisotopic (exact) mass is 396 g/mol. The molecular weight excluding hydrogens is 375 g/mol. The number of aliphatic carboxylic acids is 1. The van der Waals surface area contributed by atoms with Gasteiger partial charge < -0.3 is 9.67 Å². The predicted octanol–water partition coefficient (Wildman–Crippen LogP) is 3.03. The average molecular weight is 396 g/mol. The van der Waals surface area contributed by atoms with E-state index in [9.17, 15) is 36.6 Å². The quantitative estimate of drug-likeness (QED) is 0.720. The fourth-order valence-corrected chi connectivity index (χ4v) is 3.12. The van der Waals surface area contributed by atoms with Gasteiger partial charge in [-0.2, -0.15) is 13.2 Å². The lowest BCUT2D eigenvalue weighted by atomic mass is 10.0. The van der Waals surface area contributed by atoms with Crippen LogP contribution in [0, 0.1) is 5.92 Å². The van der Waals surface area contributed by atoms with Gasteiger partial charge in [-0.05, 0) is 24.3 Å². The fraction of sp³-hybridized carbons (Fsp3) is 0.647. The third-order valence-electron chi connectivity index (χ3n) is 4.39. The van der Waals surface area contributed by atoms with E-state index in [4.69, 9.17) is 0 Å². The summed E-state index contributed by atoms with van der Waals surface area (Å²) in [6.45, 7) is 2.36. The first-order valence-corrected chi connectivity index (χ1v) is 8.45. The van der Waals surface area contributed by atoms with Gasteiger partial charge in [0.15, 0.2) is 0 Å². The van der Waals surface area contributed by atoms with Crippen molar-refractivity contribution in [2.24, 2.45) is 5.92 Å². The third kappa shape index (κ3) is 5.27. The van der Waals surface area contributed by atoms with Crippen molar-refractivity contribution in [2.75, 3.05) is 19.6 Å². The Balaban J connectivity index is 2.36. The Labute approximate surface area is 152 Å². The summed E-state index contributed by atoms with van der Waals surface area (Å²) in [7, 11) is 0. The van der Waals surface area contributed by atoms with Crippen molar-refractivity contribution in [2.45, 2.75) is 44.8 Å². The number of carboxylic acids is 1. The minimum absolute atomic E-state index is 0.0429. The second-order valence-electron chi connectivity index (χ2n) is 7.26. The molecule has 1 saturated heterocycles. The lowest BCUT2D eigenvalue weighted by Gasteiger charge is -2.38. The summed E-state index contributed by atoms with van der Waals surface area (Å²) in [5.74, 6) is -4.26. The molecule has 1 N–H and O–H groups in total. The standard InChI is InChI=1S/C17H21F5N2O3/c1-10(2)5-13(15(26)27)24-7-11(3-4-23-8-16(18,19)9-23)12(6-14(24)25)17(20,21)22/h6-7,10,13H,3-5,8-9H2,1-2H3,(H,26,27). The Morgan fingerprint density at radius 1 is 1.30 bits per heavy atom. The number of pyridine rings is 1. The zero-order valence-electron chi connectivity index (χ0n) is 14.9. The second-order valence-corrected chi connectivity index (χ2v) is 7.26. The van der Waals surface area contributed by atoms with Crippen LogP contribution < -0.4 is 5.56 Å². The van der Waals surface area contributed by atoms with E-state index in [1.165, 1.54) is 4.90 Å². The summed E-state index contributed by atoms with van der Waals surface area (Å²) < 4.78 is 66.4. The molecule has 0 amide bonds. The average Bonchev–Trinajstić information content (AvgIpc) is 2.47. The molecule has 0 radical (unpaired) electrons. The molecular formula is C17H21F5N2O3. The smallest absolute Gasteiger partial charge is 0.416 e. The normalized spacial score (nSPS) is 18.4. The largest absolute Gasteiger partial charge is 0.480 e. The SMILES string of the molecule is CC(C)CC(C(=O)O)n1cc(CCN2CC(F)(F)C2)c(C(F)(F)F)cc1=O. The molecule has 0 spiro atoms. The number of rotatable bonds is 7. The number of carbonyl (C=O) groups is 1. The third-order valence-corrected chi connectivity index (χ3v) is 4.39. The zero-order chi connectivity index (χ0) is 20.6. The maximum Gasteiger partial charge on any atom is 0.416 e. The molecule has 0 bridgehead atoms. The zero-order valence-corrected chi connectivity index (χ0v) is 14.9. The molecule has 1 aromatic heterocycles. The Hall–Kier alpha value is -1.97. The highest BCUT2D eigenvalue weighted by atomic mass is 19.4. The van der Waals surface area contributed by atoms with Crippen LogP contribution in [0.1, 0.15) is 37.4 Å². The maximum absolute atomic E-state index is 13.3. The number of likely N-dealkylation sites (tertiary alicyclic amines) is 1. The van der Waals surface area contributed by atoms with Crippen molar-refractivity contribution >= 4 is 5.97 Å². The number of halogens is 5. The molecule has 5 nitrogen and oxygen atoms in total. The summed E-state index contributed by atoms with van der Waals surface area (Å²) in [5, 5.41) is 9.37. The van der Waals surface area contributed by atoms with Gasteiger partial charge in [0.25, 0.3) is 11.5 Å². The van der Waals surface area contributed by atoms with Crippen molar-refractivity contribution in [3.8, 4) is 0 Å². The number of alkyl halides is 5. The highest BCUT2D eigenvalue weighted by molar-refractivity contribution is 5.71. The number of hydrogen-bond donors (Lipinski definition) is 1. The van der Waals surface area contributed by atoms with E-state index in [2.05, 4.69) is 0 Å². The van der Waals surface area contributed by atoms with Gasteiger partial charge in [0, 0.05) is 18.8 Å². The molecule has 1 aliphatic rings. The van der Waals surface area contributed by atoms with E-state index in [-0.39, 0.29) is 30.9 Å². The molecule has 1 aromatic rings. The van der Waals surface area contributed by atoms with E-state index in [1.807, 2.05) is 0 Å². The van der Waals surface area contributed by atoms with E-state index in [0.717, 1.165) is 10.8 Å². The van der Waals surface area contributed by atoms with Crippen LogP contribution in [0.3, 0.4) is 0 Å². The highest BCUT2D eigenvalue weighted by Crippen LogP contribution is 2.33. The number of hydrogen-bond acceptors (Lipinski definition) is 3. The number of nitrogens with zero attached hydrogens (tertiary/aromatic N) is 2. The molecule has 152 valence electrons. The van der Waals surface area contributed by atoms with Crippen LogP contribution in [0.4, 0.5) is 22.0 Å². The van der Waals surface area contributed by atoms with Crippen LogP contribution in [0.2, 0.25) is 0 Å². The Bertz CT molecular complexity index is 750. The van der Waals surface area contributed by atoms with Gasteiger partial charge in [-0.3, -0.25) is 9.69 Å². The first kappa shape index (κ1) is 21.3. The van der Waals surface area contributed by atoms with Crippen LogP contribution in [-0.4, -0.2) is 46.1 Å². The van der Waals surface area contributed by atoms with Gasteiger partial charge in [0.1, 0.15) is 6.04 Å². The summed E-state index contributed by atoms with van der Waals surface area (Å²) in [4.78, 5) is 25.0. The van der Waals surface area contributed by atoms with Gasteiger partial charge in [0.2, 0.25) is 0 Å². The van der Waals surface area contributed by atoms with Crippen LogP contribution in [0.25, 0.3) is 0 Å².